The van der Waals surface area contributed by atoms with Crippen LogP contribution in [0.3, 0.4) is 0 Å². The first-order valence-corrected chi connectivity index (χ1v) is 8.00. The van der Waals surface area contributed by atoms with Crippen molar-refractivity contribution in [1.82, 2.24) is 9.78 Å². The third kappa shape index (κ3) is 4.14. The van der Waals surface area contributed by atoms with Gasteiger partial charge in [0.05, 0.1) is 18.3 Å². The van der Waals surface area contributed by atoms with Crippen molar-refractivity contribution in [2.75, 3.05) is 0 Å². The van der Waals surface area contributed by atoms with Gasteiger partial charge in [-0.15, -0.1) is 0 Å². The molecule has 0 radical (unpaired) electrons. The molecule has 0 saturated heterocycles. The van der Waals surface area contributed by atoms with Crippen molar-refractivity contribution < 1.29 is 14.3 Å². The minimum absolute atomic E-state index is 0.0428. The van der Waals surface area contributed by atoms with E-state index in [0.717, 1.165) is 5.56 Å². The van der Waals surface area contributed by atoms with Crippen LogP contribution in [0.5, 0.6) is 5.75 Å². The van der Waals surface area contributed by atoms with Gasteiger partial charge in [-0.2, -0.15) is 5.10 Å². The van der Waals surface area contributed by atoms with E-state index in [-0.39, 0.29) is 5.78 Å². The fraction of sp³-hybridized carbons (Fsp3) is 0.105. The Bertz CT molecular complexity index is 916. The summed E-state index contributed by atoms with van der Waals surface area (Å²) >= 11 is 6.13. The zero-order valence-electron chi connectivity index (χ0n) is 13.5. The topological polar surface area (TPSA) is 61.2 Å². The molecular formula is C19H15ClN2O3. The van der Waals surface area contributed by atoms with Crippen molar-refractivity contribution in [3.63, 3.8) is 0 Å². The molecule has 6 heteroatoms. The van der Waals surface area contributed by atoms with Gasteiger partial charge in [-0.3, -0.25) is 9.48 Å². The number of hydrogen-bond acceptors (Lipinski definition) is 4. The Morgan fingerprint density at radius 3 is 2.48 bits per heavy atom. The van der Waals surface area contributed by atoms with Gasteiger partial charge in [0.15, 0.2) is 5.78 Å². The summed E-state index contributed by atoms with van der Waals surface area (Å²) in [5.74, 6) is -0.187. The largest absolute Gasteiger partial charge is 0.423 e. The highest BCUT2D eigenvalue weighted by molar-refractivity contribution is 6.31. The van der Waals surface area contributed by atoms with Crippen molar-refractivity contribution in [3.8, 4) is 5.75 Å². The van der Waals surface area contributed by atoms with Gasteiger partial charge < -0.3 is 4.74 Å². The Morgan fingerprint density at radius 2 is 1.80 bits per heavy atom. The summed E-state index contributed by atoms with van der Waals surface area (Å²) in [4.78, 5) is 23.4. The lowest BCUT2D eigenvalue weighted by atomic mass is 10.1. The number of nitrogens with zero attached hydrogens (tertiary/aromatic N) is 2. The predicted molar refractivity (Wildman–Crippen MR) is 94.2 cm³/mol. The second kappa shape index (κ2) is 7.32. The van der Waals surface area contributed by atoms with E-state index >= 15 is 0 Å². The van der Waals surface area contributed by atoms with Gasteiger partial charge in [0.2, 0.25) is 0 Å². The molecule has 0 aliphatic carbocycles. The fourth-order valence-electron chi connectivity index (χ4n) is 2.28. The van der Waals surface area contributed by atoms with Crippen LogP contribution >= 0.6 is 11.6 Å². The van der Waals surface area contributed by atoms with Gasteiger partial charge in [-0.05, 0) is 42.8 Å². The lowest BCUT2D eigenvalue weighted by molar-refractivity contribution is 0.0734. The minimum atomic E-state index is -0.513. The second-order valence-electron chi connectivity index (χ2n) is 5.49. The average Bonchev–Trinajstić information content (AvgIpc) is 3.06. The summed E-state index contributed by atoms with van der Waals surface area (Å²) in [6.07, 6.45) is 3.05. The van der Waals surface area contributed by atoms with E-state index in [2.05, 4.69) is 5.10 Å². The highest BCUT2D eigenvalue weighted by atomic mass is 35.5. The molecule has 0 aliphatic rings. The molecule has 3 rings (SSSR count). The number of ether oxygens (including phenoxy) is 1. The zero-order chi connectivity index (χ0) is 17.8. The maximum absolute atomic E-state index is 12.2. The quantitative estimate of drug-likeness (QED) is 0.394. The molecular weight excluding hydrogens is 340 g/mol. The number of aromatic nitrogens is 2. The Morgan fingerprint density at radius 1 is 1.08 bits per heavy atom. The van der Waals surface area contributed by atoms with Crippen molar-refractivity contribution in [2.24, 2.45) is 0 Å². The van der Waals surface area contributed by atoms with E-state index in [9.17, 15) is 9.59 Å². The Balaban J connectivity index is 1.68. The molecule has 0 amide bonds. The summed E-state index contributed by atoms with van der Waals surface area (Å²) in [5.41, 5.74) is 1.81. The first kappa shape index (κ1) is 16.9. The molecule has 3 aromatic rings. The molecule has 0 bridgehead atoms. The summed E-state index contributed by atoms with van der Waals surface area (Å²) < 4.78 is 6.91. The van der Waals surface area contributed by atoms with Gasteiger partial charge >= 0.3 is 5.97 Å². The number of carbonyl (C=O) groups is 2. The summed E-state index contributed by atoms with van der Waals surface area (Å²) in [6, 6.07) is 13.9. The smallest absolute Gasteiger partial charge is 0.346 e. The van der Waals surface area contributed by atoms with Gasteiger partial charge in [-0.25, -0.2) is 4.79 Å². The van der Waals surface area contributed by atoms with Crippen molar-refractivity contribution in [1.29, 1.82) is 0 Å². The SMILES string of the molecule is CC(=O)c1ccc(OC(=O)c2cnn(Cc3ccccc3Cl)c2)cc1. The summed E-state index contributed by atoms with van der Waals surface area (Å²) in [5, 5.41) is 4.81. The summed E-state index contributed by atoms with van der Waals surface area (Å²) in [7, 11) is 0. The number of hydrogen-bond donors (Lipinski definition) is 0. The van der Waals surface area contributed by atoms with Crippen LogP contribution in [0.1, 0.15) is 33.2 Å². The average molecular weight is 355 g/mol. The molecule has 1 aromatic heterocycles. The number of Topliss-reactive ketones (excluding diaryl/α,β-unsaturated/α-hetero) is 1. The molecule has 0 unspecified atom stereocenters. The van der Waals surface area contributed by atoms with E-state index in [4.69, 9.17) is 16.3 Å². The first-order chi connectivity index (χ1) is 12.0. The molecule has 0 atom stereocenters. The molecule has 0 fully saturated rings. The van der Waals surface area contributed by atoms with Crippen LogP contribution in [0.4, 0.5) is 0 Å². The van der Waals surface area contributed by atoms with Gasteiger partial charge in [0, 0.05) is 16.8 Å². The van der Waals surface area contributed by atoms with Crippen LogP contribution in [-0.2, 0) is 6.54 Å². The van der Waals surface area contributed by atoms with Crippen molar-refractivity contribution in [3.05, 3.63) is 82.6 Å². The molecule has 1 heterocycles. The number of benzene rings is 2. The molecule has 0 saturated carbocycles. The minimum Gasteiger partial charge on any atom is -0.423 e. The highest BCUT2D eigenvalue weighted by Gasteiger charge is 2.12. The maximum Gasteiger partial charge on any atom is 0.346 e. The van der Waals surface area contributed by atoms with Gasteiger partial charge in [0.25, 0.3) is 0 Å². The van der Waals surface area contributed by atoms with Crippen LogP contribution in [-0.4, -0.2) is 21.5 Å². The van der Waals surface area contributed by atoms with Crippen molar-refractivity contribution >= 4 is 23.4 Å². The maximum atomic E-state index is 12.2. The van der Waals surface area contributed by atoms with E-state index in [0.29, 0.717) is 28.4 Å². The molecule has 0 aliphatic heterocycles. The van der Waals surface area contributed by atoms with E-state index in [1.807, 2.05) is 18.2 Å². The zero-order valence-corrected chi connectivity index (χ0v) is 14.2. The van der Waals surface area contributed by atoms with Crippen LogP contribution in [0.15, 0.2) is 60.9 Å². The molecule has 126 valence electrons. The van der Waals surface area contributed by atoms with Crippen molar-refractivity contribution in [2.45, 2.75) is 13.5 Å². The van der Waals surface area contributed by atoms with E-state index in [1.165, 1.54) is 13.1 Å². The molecule has 25 heavy (non-hydrogen) atoms. The number of esters is 1. The number of ketones is 1. The lowest BCUT2D eigenvalue weighted by Crippen LogP contribution is -2.08. The van der Waals surface area contributed by atoms with E-state index < -0.39 is 5.97 Å². The molecule has 5 nitrogen and oxygen atoms in total. The van der Waals surface area contributed by atoms with Crippen LogP contribution < -0.4 is 4.74 Å². The Hall–Kier alpha value is -2.92. The molecule has 0 N–H and O–H groups in total. The second-order valence-corrected chi connectivity index (χ2v) is 5.90. The van der Waals surface area contributed by atoms with Gasteiger partial charge in [0.1, 0.15) is 5.75 Å². The van der Waals surface area contributed by atoms with Crippen LogP contribution in [0.25, 0.3) is 0 Å². The highest BCUT2D eigenvalue weighted by Crippen LogP contribution is 2.17. The standard InChI is InChI=1S/C19H15ClN2O3/c1-13(23)14-6-8-17(9-7-14)25-19(24)16-10-21-22(12-16)11-15-4-2-3-5-18(15)20/h2-10,12H,11H2,1H3. The molecule has 0 spiro atoms. The van der Waals surface area contributed by atoms with Crippen LogP contribution in [0, 0.1) is 0 Å². The van der Waals surface area contributed by atoms with E-state index in [1.54, 1.807) is 41.2 Å². The fourth-order valence-corrected chi connectivity index (χ4v) is 2.48. The lowest BCUT2D eigenvalue weighted by Gasteiger charge is -2.04. The Labute approximate surface area is 149 Å². The third-order valence-electron chi connectivity index (χ3n) is 3.63. The normalized spacial score (nSPS) is 10.5. The summed E-state index contributed by atoms with van der Waals surface area (Å²) in [6.45, 7) is 1.94. The number of rotatable bonds is 5. The monoisotopic (exact) mass is 354 g/mol. The third-order valence-corrected chi connectivity index (χ3v) is 4.00. The number of halogens is 1. The first-order valence-electron chi connectivity index (χ1n) is 7.62. The van der Waals surface area contributed by atoms with Gasteiger partial charge in [-0.1, -0.05) is 29.8 Å². The molecule has 2 aromatic carbocycles. The Kier molecular flexibility index (Phi) is 4.95. The number of carbonyl (C=O) groups excluding carboxylic acids is 2. The van der Waals surface area contributed by atoms with Crippen LogP contribution in [0.2, 0.25) is 5.02 Å². The predicted octanol–water partition coefficient (Wildman–Crippen LogP) is 4.01.